The van der Waals surface area contributed by atoms with E-state index < -0.39 is 0 Å². The van der Waals surface area contributed by atoms with E-state index in [2.05, 4.69) is 26.6 Å². The number of aliphatic hydroxyl groups excluding tert-OH is 1. The molecule has 0 radical (unpaired) electrons. The lowest BCUT2D eigenvalue weighted by molar-refractivity contribution is 0.240. The van der Waals surface area contributed by atoms with Crippen molar-refractivity contribution in [2.24, 2.45) is 0 Å². The molecular formula is C17H19BrN2O2. The van der Waals surface area contributed by atoms with Crippen LogP contribution in [0.25, 0.3) is 0 Å². The van der Waals surface area contributed by atoms with E-state index in [-0.39, 0.29) is 12.6 Å². The summed E-state index contributed by atoms with van der Waals surface area (Å²) in [5.41, 5.74) is 3.05. The van der Waals surface area contributed by atoms with E-state index in [1.54, 1.807) is 0 Å². The number of urea groups is 1. The average molecular weight is 363 g/mol. The molecule has 116 valence electrons. The second-order valence-electron chi connectivity index (χ2n) is 4.96. The highest BCUT2D eigenvalue weighted by atomic mass is 79.9. The maximum atomic E-state index is 11.7. The third-order valence-corrected chi connectivity index (χ3v) is 3.80. The van der Waals surface area contributed by atoms with Gasteiger partial charge in [-0.15, -0.1) is 0 Å². The Morgan fingerprint density at radius 2 is 1.50 bits per heavy atom. The Hall–Kier alpha value is -1.85. The van der Waals surface area contributed by atoms with Crippen molar-refractivity contribution in [2.45, 2.75) is 19.6 Å². The minimum atomic E-state index is -0.177. The van der Waals surface area contributed by atoms with Gasteiger partial charge in [-0.1, -0.05) is 52.3 Å². The molecule has 2 aromatic rings. The van der Waals surface area contributed by atoms with Crippen LogP contribution in [0.15, 0.2) is 53.0 Å². The summed E-state index contributed by atoms with van der Waals surface area (Å²) in [6.07, 6.45) is 0.798. The zero-order valence-electron chi connectivity index (χ0n) is 12.2. The molecule has 0 saturated carbocycles. The number of carbonyl (C=O) groups is 1. The molecule has 2 amide bonds. The van der Waals surface area contributed by atoms with Crippen molar-refractivity contribution in [1.82, 2.24) is 10.6 Å². The van der Waals surface area contributed by atoms with E-state index >= 15 is 0 Å². The summed E-state index contributed by atoms with van der Waals surface area (Å²) in [7, 11) is 0. The molecule has 0 atom stereocenters. The van der Waals surface area contributed by atoms with Crippen LogP contribution in [0.4, 0.5) is 4.79 Å². The van der Waals surface area contributed by atoms with Crippen LogP contribution < -0.4 is 10.6 Å². The van der Waals surface area contributed by atoms with Gasteiger partial charge in [-0.05, 0) is 35.2 Å². The van der Waals surface area contributed by atoms with E-state index in [0.717, 1.165) is 22.0 Å². The highest BCUT2D eigenvalue weighted by Crippen LogP contribution is 2.10. The summed E-state index contributed by atoms with van der Waals surface area (Å²) in [5.74, 6) is 0. The zero-order chi connectivity index (χ0) is 15.8. The fourth-order valence-corrected chi connectivity index (χ4v) is 2.24. The number of carbonyl (C=O) groups excluding carboxylic acids is 1. The molecule has 2 aromatic carbocycles. The SMILES string of the molecule is O=C(NCCc1ccc(Br)cc1)NCc1ccc(CO)cc1. The molecule has 0 heterocycles. The van der Waals surface area contributed by atoms with Gasteiger partial charge in [0.1, 0.15) is 0 Å². The number of halogens is 1. The van der Waals surface area contributed by atoms with Crippen molar-refractivity contribution in [3.8, 4) is 0 Å². The van der Waals surface area contributed by atoms with Crippen molar-refractivity contribution in [3.05, 3.63) is 69.7 Å². The number of amides is 2. The van der Waals surface area contributed by atoms with Gasteiger partial charge in [0.25, 0.3) is 0 Å². The molecule has 0 aromatic heterocycles. The lowest BCUT2D eigenvalue weighted by Crippen LogP contribution is -2.36. The lowest BCUT2D eigenvalue weighted by Gasteiger charge is -2.08. The molecule has 0 bridgehead atoms. The first-order chi connectivity index (χ1) is 10.7. The normalized spacial score (nSPS) is 10.3. The molecule has 5 heteroatoms. The molecule has 0 aliphatic carbocycles. The van der Waals surface area contributed by atoms with Gasteiger partial charge in [-0.25, -0.2) is 4.79 Å². The van der Waals surface area contributed by atoms with Gasteiger partial charge in [0, 0.05) is 17.6 Å². The van der Waals surface area contributed by atoms with Crippen LogP contribution in [-0.2, 0) is 19.6 Å². The summed E-state index contributed by atoms with van der Waals surface area (Å²) >= 11 is 3.39. The number of hydrogen-bond donors (Lipinski definition) is 3. The summed E-state index contributed by atoms with van der Waals surface area (Å²) in [6, 6.07) is 15.4. The molecule has 4 nitrogen and oxygen atoms in total. The molecule has 0 saturated heterocycles. The van der Waals surface area contributed by atoms with Crippen LogP contribution in [0.3, 0.4) is 0 Å². The molecular weight excluding hydrogens is 344 g/mol. The summed E-state index contributed by atoms with van der Waals surface area (Å²) in [6.45, 7) is 1.09. The van der Waals surface area contributed by atoms with Crippen molar-refractivity contribution in [1.29, 1.82) is 0 Å². The van der Waals surface area contributed by atoms with Crippen molar-refractivity contribution in [2.75, 3.05) is 6.54 Å². The van der Waals surface area contributed by atoms with Crippen LogP contribution >= 0.6 is 15.9 Å². The van der Waals surface area contributed by atoms with Gasteiger partial charge in [-0.2, -0.15) is 0 Å². The Morgan fingerprint density at radius 3 is 2.14 bits per heavy atom. The Labute approximate surface area is 138 Å². The smallest absolute Gasteiger partial charge is 0.315 e. The third kappa shape index (κ3) is 5.50. The Morgan fingerprint density at radius 1 is 0.909 bits per heavy atom. The van der Waals surface area contributed by atoms with E-state index in [0.29, 0.717) is 13.1 Å². The topological polar surface area (TPSA) is 61.4 Å². The maximum absolute atomic E-state index is 11.7. The van der Waals surface area contributed by atoms with Crippen LogP contribution in [-0.4, -0.2) is 17.7 Å². The van der Waals surface area contributed by atoms with Gasteiger partial charge in [0.05, 0.1) is 6.61 Å². The van der Waals surface area contributed by atoms with Crippen LogP contribution in [0.2, 0.25) is 0 Å². The van der Waals surface area contributed by atoms with E-state index in [9.17, 15) is 4.79 Å². The lowest BCUT2D eigenvalue weighted by atomic mass is 10.1. The summed E-state index contributed by atoms with van der Waals surface area (Å²) in [4.78, 5) is 11.7. The van der Waals surface area contributed by atoms with Gasteiger partial charge in [-0.3, -0.25) is 0 Å². The Kier molecular flexibility index (Phi) is 6.43. The standard InChI is InChI=1S/C17H19BrN2O2/c18-16-7-5-13(6-8-16)9-10-19-17(22)20-11-14-1-3-15(12-21)4-2-14/h1-8,21H,9-12H2,(H2,19,20,22). The van der Waals surface area contributed by atoms with Crippen molar-refractivity contribution < 1.29 is 9.90 Å². The monoisotopic (exact) mass is 362 g/mol. The maximum Gasteiger partial charge on any atom is 0.315 e. The predicted octanol–water partition coefficient (Wildman–Crippen LogP) is 2.98. The van der Waals surface area contributed by atoms with E-state index in [4.69, 9.17) is 5.11 Å². The quantitative estimate of drug-likeness (QED) is 0.739. The third-order valence-electron chi connectivity index (χ3n) is 3.27. The first-order valence-corrected chi connectivity index (χ1v) is 7.91. The molecule has 0 aliphatic heterocycles. The summed E-state index contributed by atoms with van der Waals surface area (Å²) < 4.78 is 1.05. The first kappa shape index (κ1) is 16.5. The molecule has 22 heavy (non-hydrogen) atoms. The second kappa shape index (κ2) is 8.56. The predicted molar refractivity (Wildman–Crippen MR) is 90.4 cm³/mol. The number of benzene rings is 2. The number of rotatable bonds is 6. The minimum Gasteiger partial charge on any atom is -0.392 e. The Balaban J connectivity index is 1.68. The largest absolute Gasteiger partial charge is 0.392 e. The fraction of sp³-hybridized carbons (Fsp3) is 0.235. The van der Waals surface area contributed by atoms with Gasteiger partial charge in [0.2, 0.25) is 0 Å². The van der Waals surface area contributed by atoms with E-state index in [1.807, 2.05) is 48.5 Å². The van der Waals surface area contributed by atoms with Gasteiger partial charge in [0.15, 0.2) is 0 Å². The molecule has 3 N–H and O–H groups in total. The molecule has 0 fully saturated rings. The van der Waals surface area contributed by atoms with Crippen molar-refractivity contribution in [3.63, 3.8) is 0 Å². The Bertz CT molecular complexity index is 597. The average Bonchev–Trinajstić information content (AvgIpc) is 2.55. The highest BCUT2D eigenvalue weighted by Gasteiger charge is 2.01. The number of aliphatic hydroxyl groups is 1. The van der Waals surface area contributed by atoms with Crippen LogP contribution in [0.5, 0.6) is 0 Å². The fourth-order valence-electron chi connectivity index (χ4n) is 1.98. The van der Waals surface area contributed by atoms with Crippen molar-refractivity contribution >= 4 is 22.0 Å². The zero-order valence-corrected chi connectivity index (χ0v) is 13.8. The van der Waals surface area contributed by atoms with Gasteiger partial charge >= 0.3 is 6.03 Å². The number of nitrogens with one attached hydrogen (secondary N) is 2. The van der Waals surface area contributed by atoms with Crippen LogP contribution in [0, 0.1) is 0 Å². The molecule has 0 unspecified atom stereocenters. The molecule has 0 spiro atoms. The molecule has 2 rings (SSSR count). The highest BCUT2D eigenvalue weighted by molar-refractivity contribution is 9.10. The molecule has 0 aliphatic rings. The van der Waals surface area contributed by atoms with Gasteiger partial charge < -0.3 is 15.7 Å². The summed E-state index contributed by atoms with van der Waals surface area (Å²) in [5, 5.41) is 14.6. The second-order valence-corrected chi connectivity index (χ2v) is 5.88. The first-order valence-electron chi connectivity index (χ1n) is 7.12. The minimum absolute atomic E-state index is 0.0320. The van der Waals surface area contributed by atoms with Crippen LogP contribution in [0.1, 0.15) is 16.7 Å². The number of hydrogen-bond acceptors (Lipinski definition) is 2. The van der Waals surface area contributed by atoms with E-state index in [1.165, 1.54) is 5.56 Å².